The van der Waals surface area contributed by atoms with Gasteiger partial charge in [0.25, 0.3) is 0 Å². The number of hydrogen-bond acceptors (Lipinski definition) is 2. The fourth-order valence-corrected chi connectivity index (χ4v) is 2.38. The van der Waals surface area contributed by atoms with Crippen LogP contribution in [0.3, 0.4) is 0 Å². The van der Waals surface area contributed by atoms with Crippen LogP contribution in [0.5, 0.6) is 0 Å². The largest absolute Gasteiger partial charge is 0.344 e. The molecule has 0 unspecified atom stereocenters. The Kier molecular flexibility index (Phi) is 4.35. The van der Waals surface area contributed by atoms with E-state index in [4.69, 9.17) is 0 Å². The topological polar surface area (TPSA) is 58.2 Å². The van der Waals surface area contributed by atoms with Crippen molar-refractivity contribution in [3.05, 3.63) is 29.3 Å². The van der Waals surface area contributed by atoms with E-state index in [1.165, 1.54) is 17.5 Å². The lowest BCUT2D eigenvalue weighted by atomic mass is 9.95. The van der Waals surface area contributed by atoms with Gasteiger partial charge in [-0.3, -0.25) is 9.59 Å². The van der Waals surface area contributed by atoms with Crippen molar-refractivity contribution in [3.8, 4) is 0 Å². The predicted molar refractivity (Wildman–Crippen MR) is 84.2 cm³/mol. The molecule has 2 amide bonds. The summed E-state index contributed by atoms with van der Waals surface area (Å²) in [6, 6.07) is 5.50. The van der Waals surface area contributed by atoms with Crippen LogP contribution in [0.1, 0.15) is 45.2 Å². The van der Waals surface area contributed by atoms with E-state index in [2.05, 4.69) is 16.7 Å². The molecule has 0 radical (unpaired) electrons. The monoisotopic (exact) mass is 288 g/mol. The summed E-state index contributed by atoms with van der Waals surface area (Å²) in [4.78, 5) is 24.0. The summed E-state index contributed by atoms with van der Waals surface area (Å²) >= 11 is 0. The van der Waals surface area contributed by atoms with Gasteiger partial charge in [0, 0.05) is 11.1 Å². The Morgan fingerprint density at radius 2 is 1.81 bits per heavy atom. The van der Waals surface area contributed by atoms with Crippen molar-refractivity contribution in [1.29, 1.82) is 0 Å². The number of amides is 2. The van der Waals surface area contributed by atoms with E-state index in [-0.39, 0.29) is 11.8 Å². The number of rotatable bonds is 3. The fourth-order valence-electron chi connectivity index (χ4n) is 2.38. The molecule has 0 saturated carbocycles. The van der Waals surface area contributed by atoms with Crippen LogP contribution in [-0.2, 0) is 22.4 Å². The third kappa shape index (κ3) is 3.84. The van der Waals surface area contributed by atoms with Gasteiger partial charge in [-0.1, -0.05) is 26.8 Å². The Hall–Kier alpha value is -1.84. The maximum atomic E-state index is 12.1. The van der Waals surface area contributed by atoms with Crippen LogP contribution < -0.4 is 10.6 Å². The van der Waals surface area contributed by atoms with E-state index in [0.717, 1.165) is 18.5 Å². The molecule has 0 spiro atoms. The van der Waals surface area contributed by atoms with Crippen molar-refractivity contribution >= 4 is 17.5 Å². The standard InChI is InChI=1S/C17H24N2O2/c1-11(18-16(21)17(2,3)4)15(20)19-14-9-8-12-6-5-7-13(12)10-14/h8-11H,5-7H2,1-4H3,(H,18,21)(H,19,20)/t11-/m1/s1. The maximum absolute atomic E-state index is 12.1. The van der Waals surface area contributed by atoms with Crippen molar-refractivity contribution in [2.24, 2.45) is 5.41 Å². The van der Waals surface area contributed by atoms with E-state index >= 15 is 0 Å². The molecule has 0 aromatic heterocycles. The minimum Gasteiger partial charge on any atom is -0.344 e. The van der Waals surface area contributed by atoms with E-state index in [9.17, 15) is 9.59 Å². The van der Waals surface area contributed by atoms with Crippen LogP contribution in [0, 0.1) is 5.41 Å². The van der Waals surface area contributed by atoms with Gasteiger partial charge in [-0.25, -0.2) is 0 Å². The molecular weight excluding hydrogens is 264 g/mol. The Morgan fingerprint density at radius 3 is 2.48 bits per heavy atom. The van der Waals surface area contributed by atoms with E-state index in [1.54, 1.807) is 6.92 Å². The van der Waals surface area contributed by atoms with Gasteiger partial charge >= 0.3 is 0 Å². The van der Waals surface area contributed by atoms with Crippen LogP contribution in [-0.4, -0.2) is 17.9 Å². The zero-order valence-electron chi connectivity index (χ0n) is 13.2. The van der Waals surface area contributed by atoms with Gasteiger partial charge in [0.05, 0.1) is 0 Å². The zero-order valence-corrected chi connectivity index (χ0v) is 13.2. The zero-order chi connectivity index (χ0) is 15.6. The van der Waals surface area contributed by atoms with Crippen molar-refractivity contribution in [3.63, 3.8) is 0 Å². The van der Waals surface area contributed by atoms with E-state index < -0.39 is 11.5 Å². The second-order valence-corrected chi connectivity index (χ2v) is 6.77. The van der Waals surface area contributed by atoms with Gasteiger partial charge in [-0.2, -0.15) is 0 Å². The first-order chi connectivity index (χ1) is 9.77. The van der Waals surface area contributed by atoms with Crippen molar-refractivity contribution in [2.75, 3.05) is 5.32 Å². The summed E-state index contributed by atoms with van der Waals surface area (Å²) in [6.45, 7) is 7.18. The highest BCUT2D eigenvalue weighted by atomic mass is 16.2. The van der Waals surface area contributed by atoms with Gasteiger partial charge in [-0.15, -0.1) is 0 Å². The molecular formula is C17H24N2O2. The quantitative estimate of drug-likeness (QED) is 0.898. The lowest BCUT2D eigenvalue weighted by Crippen LogP contribution is -2.46. The fraction of sp³-hybridized carbons (Fsp3) is 0.529. The minimum absolute atomic E-state index is 0.126. The highest BCUT2D eigenvalue weighted by Crippen LogP contribution is 2.25. The summed E-state index contributed by atoms with van der Waals surface area (Å²) in [5.41, 5.74) is 3.00. The Morgan fingerprint density at radius 1 is 1.14 bits per heavy atom. The van der Waals surface area contributed by atoms with E-state index in [1.807, 2.05) is 32.9 Å². The summed E-state index contributed by atoms with van der Waals surface area (Å²) in [7, 11) is 0. The Labute approximate surface area is 126 Å². The molecule has 1 aromatic rings. The number of anilines is 1. The van der Waals surface area contributed by atoms with Gasteiger partial charge in [-0.05, 0) is 49.4 Å². The molecule has 1 aromatic carbocycles. The van der Waals surface area contributed by atoms with Crippen LogP contribution in [0.25, 0.3) is 0 Å². The number of carbonyl (C=O) groups excluding carboxylic acids is 2. The highest BCUT2D eigenvalue weighted by Gasteiger charge is 2.25. The first-order valence-corrected chi connectivity index (χ1v) is 7.51. The molecule has 21 heavy (non-hydrogen) atoms. The maximum Gasteiger partial charge on any atom is 0.246 e. The molecule has 0 saturated heterocycles. The van der Waals surface area contributed by atoms with Gasteiger partial charge in [0.15, 0.2) is 0 Å². The number of benzene rings is 1. The Balaban J connectivity index is 1.96. The second kappa shape index (κ2) is 5.88. The lowest BCUT2D eigenvalue weighted by molar-refractivity contribution is -0.131. The third-order valence-electron chi connectivity index (χ3n) is 3.79. The van der Waals surface area contributed by atoms with Crippen LogP contribution in [0.2, 0.25) is 0 Å². The average molecular weight is 288 g/mol. The SMILES string of the molecule is C[C@@H](NC(=O)C(C)(C)C)C(=O)Nc1ccc2c(c1)CCC2. The molecule has 0 heterocycles. The van der Waals surface area contributed by atoms with Crippen LogP contribution in [0.4, 0.5) is 5.69 Å². The molecule has 2 N–H and O–H groups in total. The van der Waals surface area contributed by atoms with Crippen LogP contribution in [0.15, 0.2) is 18.2 Å². The molecule has 0 bridgehead atoms. The lowest BCUT2D eigenvalue weighted by Gasteiger charge is -2.21. The van der Waals surface area contributed by atoms with Crippen molar-refractivity contribution < 1.29 is 9.59 Å². The van der Waals surface area contributed by atoms with Gasteiger partial charge < -0.3 is 10.6 Å². The summed E-state index contributed by atoms with van der Waals surface area (Å²) in [5.74, 6) is -0.315. The smallest absolute Gasteiger partial charge is 0.246 e. The molecule has 114 valence electrons. The number of fused-ring (bicyclic) bond motifs is 1. The predicted octanol–water partition coefficient (Wildman–Crippen LogP) is 2.66. The third-order valence-corrected chi connectivity index (χ3v) is 3.79. The van der Waals surface area contributed by atoms with Crippen molar-refractivity contribution in [1.82, 2.24) is 5.32 Å². The molecule has 4 heteroatoms. The first kappa shape index (κ1) is 15.5. The summed E-state index contributed by atoms with van der Waals surface area (Å²) in [5, 5.41) is 5.62. The molecule has 4 nitrogen and oxygen atoms in total. The number of hydrogen-bond donors (Lipinski definition) is 2. The number of carbonyl (C=O) groups is 2. The molecule has 1 atom stereocenters. The second-order valence-electron chi connectivity index (χ2n) is 6.77. The molecule has 2 rings (SSSR count). The van der Waals surface area contributed by atoms with Crippen LogP contribution >= 0.6 is 0 Å². The van der Waals surface area contributed by atoms with Gasteiger partial charge in [0.1, 0.15) is 6.04 Å². The first-order valence-electron chi connectivity index (χ1n) is 7.51. The van der Waals surface area contributed by atoms with Gasteiger partial charge in [0.2, 0.25) is 11.8 Å². The number of nitrogens with one attached hydrogen (secondary N) is 2. The summed E-state index contributed by atoms with van der Waals surface area (Å²) in [6.07, 6.45) is 3.39. The van der Waals surface area contributed by atoms with Crippen molar-refractivity contribution in [2.45, 2.75) is 53.0 Å². The molecule has 1 aliphatic carbocycles. The Bertz CT molecular complexity index is 558. The minimum atomic E-state index is -0.551. The molecule has 0 fully saturated rings. The average Bonchev–Trinajstić information content (AvgIpc) is 2.84. The van der Waals surface area contributed by atoms with E-state index in [0.29, 0.717) is 0 Å². The highest BCUT2D eigenvalue weighted by molar-refractivity contribution is 5.97. The summed E-state index contributed by atoms with van der Waals surface area (Å²) < 4.78 is 0. The normalized spacial score (nSPS) is 15.2. The number of aryl methyl sites for hydroxylation is 2. The molecule has 0 aliphatic heterocycles. The molecule has 1 aliphatic rings.